The Bertz CT molecular complexity index is 532. The molecule has 0 unspecified atom stereocenters. The lowest BCUT2D eigenvalue weighted by atomic mass is 10.1. The van der Waals surface area contributed by atoms with Gasteiger partial charge in [-0.25, -0.2) is 0 Å². The lowest BCUT2D eigenvalue weighted by Gasteiger charge is -2.17. The summed E-state index contributed by atoms with van der Waals surface area (Å²) in [5.74, 6) is 1.19. The van der Waals surface area contributed by atoms with E-state index < -0.39 is 5.60 Å². The second-order valence-electron chi connectivity index (χ2n) is 4.97. The molecule has 2 rings (SSSR count). The maximum atomic E-state index is 5.65. The number of benzene rings is 1. The standard InChI is InChI=1S/C14H19N3O2/c1-14(2,18-3)13-16-12(19-17-13)9-6-10-4-7-11(15)8-5-10/h4-5,7-8H,6,9,15H2,1-3H3. The summed E-state index contributed by atoms with van der Waals surface area (Å²) in [7, 11) is 1.63. The molecule has 0 saturated heterocycles. The third kappa shape index (κ3) is 3.32. The van der Waals surface area contributed by atoms with Gasteiger partial charge in [-0.1, -0.05) is 17.3 Å². The van der Waals surface area contributed by atoms with Gasteiger partial charge in [0.2, 0.25) is 11.7 Å². The molecule has 0 amide bonds. The fraction of sp³-hybridized carbons (Fsp3) is 0.429. The predicted octanol–water partition coefficient (Wildman–Crippen LogP) is 2.32. The number of ether oxygens (including phenoxy) is 1. The average Bonchev–Trinajstić information content (AvgIpc) is 2.88. The number of aryl methyl sites for hydroxylation is 2. The van der Waals surface area contributed by atoms with Crippen molar-refractivity contribution >= 4 is 5.69 Å². The van der Waals surface area contributed by atoms with Crippen molar-refractivity contribution in [1.29, 1.82) is 0 Å². The normalized spacial score (nSPS) is 11.7. The number of aromatic nitrogens is 2. The molecule has 5 nitrogen and oxygen atoms in total. The van der Waals surface area contributed by atoms with Gasteiger partial charge in [-0.05, 0) is 38.0 Å². The summed E-state index contributed by atoms with van der Waals surface area (Å²) in [6.07, 6.45) is 1.55. The van der Waals surface area contributed by atoms with Gasteiger partial charge in [0.15, 0.2) is 0 Å². The quantitative estimate of drug-likeness (QED) is 0.836. The van der Waals surface area contributed by atoms with E-state index in [0.717, 1.165) is 12.1 Å². The fourth-order valence-corrected chi connectivity index (χ4v) is 1.63. The van der Waals surface area contributed by atoms with Crippen molar-refractivity contribution < 1.29 is 9.26 Å². The Morgan fingerprint density at radius 3 is 2.53 bits per heavy atom. The summed E-state index contributed by atoms with van der Waals surface area (Å²) in [5, 5.41) is 3.95. The SMILES string of the molecule is COC(C)(C)c1noc(CCc2ccc(N)cc2)n1. The fourth-order valence-electron chi connectivity index (χ4n) is 1.63. The Kier molecular flexibility index (Phi) is 3.85. The van der Waals surface area contributed by atoms with Crippen LogP contribution in [0.5, 0.6) is 0 Å². The summed E-state index contributed by atoms with van der Waals surface area (Å²) in [5.41, 5.74) is 7.08. The zero-order chi connectivity index (χ0) is 13.9. The molecule has 2 aromatic rings. The Morgan fingerprint density at radius 1 is 1.21 bits per heavy atom. The molecule has 2 N–H and O–H groups in total. The highest BCUT2D eigenvalue weighted by molar-refractivity contribution is 5.39. The topological polar surface area (TPSA) is 74.2 Å². The Balaban J connectivity index is 1.99. The molecule has 0 atom stereocenters. The molecule has 1 heterocycles. The number of hydrogen-bond donors (Lipinski definition) is 1. The van der Waals surface area contributed by atoms with Gasteiger partial charge in [0.1, 0.15) is 5.60 Å². The molecule has 0 fully saturated rings. The van der Waals surface area contributed by atoms with Crippen LogP contribution in [-0.2, 0) is 23.2 Å². The van der Waals surface area contributed by atoms with E-state index >= 15 is 0 Å². The minimum atomic E-state index is -0.525. The Morgan fingerprint density at radius 2 is 1.89 bits per heavy atom. The first-order valence-electron chi connectivity index (χ1n) is 6.24. The molecule has 0 radical (unpaired) electrons. The molecule has 1 aromatic heterocycles. The summed E-state index contributed by atoms with van der Waals surface area (Å²) in [6.45, 7) is 3.81. The molecule has 1 aromatic carbocycles. The number of nitrogens with two attached hydrogens (primary N) is 1. The summed E-state index contributed by atoms with van der Waals surface area (Å²) >= 11 is 0. The lowest BCUT2D eigenvalue weighted by Crippen LogP contribution is -2.21. The minimum absolute atomic E-state index is 0.525. The van der Waals surface area contributed by atoms with Crippen LogP contribution in [-0.4, -0.2) is 17.3 Å². The van der Waals surface area contributed by atoms with E-state index in [1.165, 1.54) is 5.56 Å². The van der Waals surface area contributed by atoms with E-state index in [0.29, 0.717) is 18.1 Å². The van der Waals surface area contributed by atoms with Gasteiger partial charge in [0, 0.05) is 19.2 Å². The first kappa shape index (κ1) is 13.5. The van der Waals surface area contributed by atoms with Crippen LogP contribution in [0, 0.1) is 0 Å². The monoisotopic (exact) mass is 261 g/mol. The molecule has 0 saturated carbocycles. The van der Waals surface area contributed by atoms with Crippen LogP contribution in [0.4, 0.5) is 5.69 Å². The van der Waals surface area contributed by atoms with Crippen LogP contribution in [0.25, 0.3) is 0 Å². The summed E-state index contributed by atoms with van der Waals surface area (Å²) in [6, 6.07) is 7.79. The van der Waals surface area contributed by atoms with Gasteiger partial charge in [-0.15, -0.1) is 0 Å². The van der Waals surface area contributed by atoms with Crippen LogP contribution < -0.4 is 5.73 Å². The zero-order valence-electron chi connectivity index (χ0n) is 11.5. The van der Waals surface area contributed by atoms with Gasteiger partial charge in [-0.2, -0.15) is 4.98 Å². The number of nitrogen functional groups attached to an aromatic ring is 1. The van der Waals surface area contributed by atoms with E-state index in [4.69, 9.17) is 15.0 Å². The molecular formula is C14H19N3O2. The van der Waals surface area contributed by atoms with Gasteiger partial charge in [-0.3, -0.25) is 0 Å². The van der Waals surface area contributed by atoms with Crippen molar-refractivity contribution in [2.75, 3.05) is 12.8 Å². The predicted molar refractivity (Wildman–Crippen MR) is 72.6 cm³/mol. The molecule has 0 bridgehead atoms. The van der Waals surface area contributed by atoms with Crippen molar-refractivity contribution in [3.05, 3.63) is 41.5 Å². The Hall–Kier alpha value is -1.88. The highest BCUT2D eigenvalue weighted by Gasteiger charge is 2.25. The largest absolute Gasteiger partial charge is 0.399 e. The first-order chi connectivity index (χ1) is 9.01. The lowest BCUT2D eigenvalue weighted by molar-refractivity contribution is 0.00973. The van der Waals surface area contributed by atoms with Crippen LogP contribution >= 0.6 is 0 Å². The van der Waals surface area contributed by atoms with Gasteiger partial charge < -0.3 is 15.0 Å². The number of anilines is 1. The van der Waals surface area contributed by atoms with Crippen LogP contribution in [0.15, 0.2) is 28.8 Å². The number of methoxy groups -OCH3 is 1. The van der Waals surface area contributed by atoms with Crippen LogP contribution in [0.3, 0.4) is 0 Å². The van der Waals surface area contributed by atoms with Gasteiger partial charge in [0.05, 0.1) is 0 Å². The number of nitrogens with zero attached hydrogens (tertiary/aromatic N) is 2. The van der Waals surface area contributed by atoms with E-state index in [9.17, 15) is 0 Å². The van der Waals surface area contributed by atoms with Crippen LogP contribution in [0.2, 0.25) is 0 Å². The van der Waals surface area contributed by atoms with Crippen molar-refractivity contribution in [2.24, 2.45) is 0 Å². The van der Waals surface area contributed by atoms with E-state index in [1.807, 2.05) is 38.1 Å². The zero-order valence-corrected chi connectivity index (χ0v) is 11.5. The first-order valence-corrected chi connectivity index (χ1v) is 6.24. The van der Waals surface area contributed by atoms with Crippen molar-refractivity contribution in [3.8, 4) is 0 Å². The molecule has 102 valence electrons. The van der Waals surface area contributed by atoms with Gasteiger partial charge in [0.25, 0.3) is 0 Å². The molecule has 19 heavy (non-hydrogen) atoms. The van der Waals surface area contributed by atoms with Gasteiger partial charge >= 0.3 is 0 Å². The third-order valence-electron chi connectivity index (χ3n) is 3.12. The maximum Gasteiger partial charge on any atom is 0.227 e. The summed E-state index contributed by atoms with van der Waals surface area (Å²) in [4.78, 5) is 4.36. The third-order valence-corrected chi connectivity index (χ3v) is 3.12. The van der Waals surface area contributed by atoms with E-state index in [2.05, 4.69) is 10.1 Å². The Labute approximate surface area is 112 Å². The molecule has 0 aliphatic carbocycles. The van der Waals surface area contributed by atoms with E-state index in [1.54, 1.807) is 7.11 Å². The molecule has 0 spiro atoms. The highest BCUT2D eigenvalue weighted by Crippen LogP contribution is 2.20. The molecular weight excluding hydrogens is 242 g/mol. The van der Waals surface area contributed by atoms with Crippen molar-refractivity contribution in [3.63, 3.8) is 0 Å². The average molecular weight is 261 g/mol. The van der Waals surface area contributed by atoms with Crippen LogP contribution in [0.1, 0.15) is 31.1 Å². The minimum Gasteiger partial charge on any atom is -0.399 e. The second-order valence-corrected chi connectivity index (χ2v) is 4.97. The smallest absolute Gasteiger partial charge is 0.227 e. The molecule has 0 aliphatic heterocycles. The molecule has 5 heteroatoms. The van der Waals surface area contributed by atoms with E-state index in [-0.39, 0.29) is 0 Å². The molecule has 0 aliphatic rings. The second kappa shape index (κ2) is 5.40. The van der Waals surface area contributed by atoms with Crippen molar-refractivity contribution in [2.45, 2.75) is 32.3 Å². The highest BCUT2D eigenvalue weighted by atomic mass is 16.5. The number of hydrogen-bond acceptors (Lipinski definition) is 5. The number of rotatable bonds is 5. The van der Waals surface area contributed by atoms with Crippen molar-refractivity contribution in [1.82, 2.24) is 10.1 Å². The summed E-state index contributed by atoms with van der Waals surface area (Å²) < 4.78 is 10.5. The maximum absolute atomic E-state index is 5.65.